The number of methoxy groups -OCH3 is 1. The zero-order valence-corrected chi connectivity index (χ0v) is 16.4. The molecule has 1 aromatic heterocycles. The smallest absolute Gasteiger partial charge is 0.344 e. The van der Waals surface area contributed by atoms with E-state index in [1.165, 1.54) is 0 Å². The van der Waals surface area contributed by atoms with Gasteiger partial charge < -0.3 is 18.6 Å². The minimum atomic E-state index is -0.706. The normalized spacial score (nSPS) is 11.7. The maximum absolute atomic E-state index is 12.0. The number of aryl methyl sites for hydroxylation is 1. The van der Waals surface area contributed by atoms with Crippen LogP contribution in [0.4, 0.5) is 0 Å². The largest absolute Gasteiger partial charge is 0.497 e. The Morgan fingerprint density at radius 1 is 1.14 bits per heavy atom. The summed E-state index contributed by atoms with van der Waals surface area (Å²) in [5.41, 5.74) is 1.59. The molecule has 0 aliphatic heterocycles. The molecular formula is C20H19ClN2O5. The first-order valence-electron chi connectivity index (χ1n) is 8.52. The Morgan fingerprint density at radius 3 is 2.54 bits per heavy atom. The van der Waals surface area contributed by atoms with Gasteiger partial charge in [-0.25, -0.2) is 4.79 Å². The molecule has 146 valence electrons. The molecule has 28 heavy (non-hydrogen) atoms. The summed E-state index contributed by atoms with van der Waals surface area (Å²) in [7, 11) is 1.59. The Labute approximate surface area is 167 Å². The van der Waals surface area contributed by atoms with E-state index in [4.69, 9.17) is 30.2 Å². The average molecular weight is 403 g/mol. The van der Waals surface area contributed by atoms with Crippen LogP contribution in [0.15, 0.2) is 46.9 Å². The fourth-order valence-electron chi connectivity index (χ4n) is 2.38. The van der Waals surface area contributed by atoms with Crippen molar-refractivity contribution < 1.29 is 23.4 Å². The van der Waals surface area contributed by atoms with Gasteiger partial charge in [-0.15, -0.1) is 10.2 Å². The molecule has 0 saturated heterocycles. The second-order valence-corrected chi connectivity index (χ2v) is 6.41. The number of hydrogen-bond donors (Lipinski definition) is 0. The summed E-state index contributed by atoms with van der Waals surface area (Å²) in [5, 5.41) is 8.57. The molecule has 0 aliphatic rings. The maximum Gasteiger partial charge on any atom is 0.344 e. The highest BCUT2D eigenvalue weighted by Crippen LogP contribution is 2.25. The minimum Gasteiger partial charge on any atom is -0.497 e. The molecule has 0 spiro atoms. The summed E-state index contributed by atoms with van der Waals surface area (Å²) in [5.74, 6) is 1.23. The van der Waals surface area contributed by atoms with Crippen LogP contribution in [0.2, 0.25) is 5.02 Å². The van der Waals surface area contributed by atoms with Gasteiger partial charge in [-0.3, -0.25) is 0 Å². The summed E-state index contributed by atoms with van der Waals surface area (Å²) in [6.07, 6.45) is -0.706. The molecular weight excluding hydrogens is 384 g/mol. The summed E-state index contributed by atoms with van der Waals surface area (Å²) in [6.45, 7) is 3.26. The molecule has 0 N–H and O–H groups in total. The number of ether oxygens (including phenoxy) is 3. The zero-order chi connectivity index (χ0) is 20.1. The number of esters is 1. The molecule has 0 unspecified atom stereocenters. The molecule has 0 saturated carbocycles. The van der Waals surface area contributed by atoms with Crippen molar-refractivity contribution >= 4 is 17.6 Å². The third-order valence-electron chi connectivity index (χ3n) is 3.92. The second kappa shape index (κ2) is 8.75. The lowest BCUT2D eigenvalue weighted by molar-refractivity contribution is -0.152. The van der Waals surface area contributed by atoms with E-state index in [0.717, 1.165) is 16.9 Å². The second-order valence-electron chi connectivity index (χ2n) is 6.01. The minimum absolute atomic E-state index is 0.196. The highest BCUT2D eigenvalue weighted by Gasteiger charge is 2.19. The first-order chi connectivity index (χ1) is 13.5. The molecule has 8 heteroatoms. The topological polar surface area (TPSA) is 83.7 Å². The van der Waals surface area contributed by atoms with Crippen molar-refractivity contribution in [2.45, 2.75) is 20.0 Å². The van der Waals surface area contributed by atoms with Crippen LogP contribution in [0.3, 0.4) is 0 Å². The van der Waals surface area contributed by atoms with Crippen LogP contribution < -0.4 is 9.47 Å². The summed E-state index contributed by atoms with van der Waals surface area (Å²) < 4.78 is 21.4. The van der Waals surface area contributed by atoms with Crippen molar-refractivity contribution in [1.29, 1.82) is 0 Å². The van der Waals surface area contributed by atoms with E-state index in [1.807, 2.05) is 6.92 Å². The standard InChI is InChI=1S/C20H19ClN2O5/c1-12-10-16(8-9-17(12)21)26-11-18(24)27-13(2)19-22-23-20(28-19)14-4-6-15(25-3)7-5-14/h4-10,13H,11H2,1-3H3/t13-/m1/s1. The number of aromatic nitrogens is 2. The van der Waals surface area contributed by atoms with Gasteiger partial charge in [0.1, 0.15) is 11.5 Å². The first kappa shape index (κ1) is 19.7. The molecule has 0 bridgehead atoms. The van der Waals surface area contributed by atoms with Crippen molar-refractivity contribution in [3.05, 3.63) is 58.9 Å². The van der Waals surface area contributed by atoms with E-state index < -0.39 is 12.1 Å². The average Bonchev–Trinajstić information content (AvgIpc) is 3.19. The molecule has 0 fully saturated rings. The Kier molecular flexibility index (Phi) is 6.16. The Morgan fingerprint density at radius 2 is 1.86 bits per heavy atom. The lowest BCUT2D eigenvalue weighted by Crippen LogP contribution is -2.17. The van der Waals surface area contributed by atoms with E-state index in [9.17, 15) is 4.79 Å². The van der Waals surface area contributed by atoms with Crippen molar-refractivity contribution in [1.82, 2.24) is 10.2 Å². The van der Waals surface area contributed by atoms with Crippen LogP contribution in [-0.2, 0) is 9.53 Å². The zero-order valence-electron chi connectivity index (χ0n) is 15.6. The van der Waals surface area contributed by atoms with Gasteiger partial charge in [-0.1, -0.05) is 11.6 Å². The van der Waals surface area contributed by atoms with Crippen LogP contribution in [0.25, 0.3) is 11.5 Å². The van der Waals surface area contributed by atoms with Crippen molar-refractivity contribution in [3.63, 3.8) is 0 Å². The third kappa shape index (κ3) is 4.80. The van der Waals surface area contributed by atoms with Gasteiger partial charge in [-0.2, -0.15) is 0 Å². The van der Waals surface area contributed by atoms with E-state index in [1.54, 1.807) is 56.5 Å². The van der Waals surface area contributed by atoms with Gasteiger partial charge >= 0.3 is 5.97 Å². The fourth-order valence-corrected chi connectivity index (χ4v) is 2.50. The van der Waals surface area contributed by atoms with Crippen LogP contribution in [0.1, 0.15) is 24.5 Å². The Hall–Kier alpha value is -3.06. The van der Waals surface area contributed by atoms with E-state index in [2.05, 4.69) is 10.2 Å². The number of carbonyl (C=O) groups is 1. The van der Waals surface area contributed by atoms with E-state index >= 15 is 0 Å². The summed E-state index contributed by atoms with van der Waals surface area (Å²) in [4.78, 5) is 12.0. The number of benzene rings is 2. The van der Waals surface area contributed by atoms with Gasteiger partial charge in [0, 0.05) is 10.6 Å². The fraction of sp³-hybridized carbons (Fsp3) is 0.250. The van der Waals surface area contributed by atoms with E-state index in [0.29, 0.717) is 16.7 Å². The molecule has 0 radical (unpaired) electrons. The summed E-state index contributed by atoms with van der Waals surface area (Å²) in [6, 6.07) is 12.3. The summed E-state index contributed by atoms with van der Waals surface area (Å²) >= 11 is 5.96. The van der Waals surface area contributed by atoms with Crippen LogP contribution in [-0.4, -0.2) is 29.9 Å². The molecule has 0 amide bonds. The van der Waals surface area contributed by atoms with Crippen LogP contribution >= 0.6 is 11.6 Å². The van der Waals surface area contributed by atoms with E-state index in [-0.39, 0.29) is 12.5 Å². The van der Waals surface area contributed by atoms with Gasteiger partial charge in [0.05, 0.1) is 7.11 Å². The van der Waals surface area contributed by atoms with Gasteiger partial charge in [-0.05, 0) is 61.9 Å². The van der Waals surface area contributed by atoms with Gasteiger partial charge in [0.15, 0.2) is 12.7 Å². The number of hydrogen-bond acceptors (Lipinski definition) is 7. The molecule has 1 atom stereocenters. The molecule has 0 aliphatic carbocycles. The lowest BCUT2D eigenvalue weighted by Gasteiger charge is -2.11. The van der Waals surface area contributed by atoms with Crippen molar-refractivity contribution in [3.8, 4) is 23.0 Å². The Bertz CT molecular complexity index is 955. The highest BCUT2D eigenvalue weighted by atomic mass is 35.5. The number of halogens is 1. The predicted octanol–water partition coefficient (Wildman–Crippen LogP) is 4.39. The first-order valence-corrected chi connectivity index (χ1v) is 8.90. The van der Waals surface area contributed by atoms with Crippen molar-refractivity contribution in [2.75, 3.05) is 13.7 Å². The monoisotopic (exact) mass is 402 g/mol. The molecule has 2 aromatic carbocycles. The van der Waals surface area contributed by atoms with Crippen LogP contribution in [0.5, 0.6) is 11.5 Å². The van der Waals surface area contributed by atoms with Crippen molar-refractivity contribution in [2.24, 2.45) is 0 Å². The molecule has 3 aromatic rings. The number of carbonyl (C=O) groups excluding carboxylic acids is 1. The number of rotatable bonds is 7. The molecule has 7 nitrogen and oxygen atoms in total. The van der Waals surface area contributed by atoms with Gasteiger partial charge in [0.2, 0.25) is 5.89 Å². The molecule has 3 rings (SSSR count). The Balaban J connectivity index is 1.56. The third-order valence-corrected chi connectivity index (χ3v) is 4.34. The quantitative estimate of drug-likeness (QED) is 0.542. The highest BCUT2D eigenvalue weighted by molar-refractivity contribution is 6.31. The number of nitrogens with zero attached hydrogens (tertiary/aromatic N) is 2. The SMILES string of the molecule is COc1ccc(-c2nnc([C@@H](C)OC(=O)COc3ccc(Cl)c(C)c3)o2)cc1. The maximum atomic E-state index is 12.0. The lowest BCUT2D eigenvalue weighted by atomic mass is 10.2. The predicted molar refractivity (Wildman–Crippen MR) is 102 cm³/mol. The van der Waals surface area contributed by atoms with Gasteiger partial charge in [0.25, 0.3) is 5.89 Å². The van der Waals surface area contributed by atoms with Crippen LogP contribution in [0, 0.1) is 6.92 Å². The molecule has 1 heterocycles.